The second-order valence-corrected chi connectivity index (χ2v) is 7.98. The van der Waals surface area contributed by atoms with Crippen LogP contribution < -0.4 is 0 Å². The third-order valence-electron chi connectivity index (χ3n) is 5.48. The summed E-state index contributed by atoms with van der Waals surface area (Å²) in [5.74, 6) is 0. The van der Waals surface area contributed by atoms with Gasteiger partial charge in [-0.1, -0.05) is 91.0 Å². The van der Waals surface area contributed by atoms with Crippen molar-refractivity contribution >= 4 is 0 Å². The molecule has 1 heterocycles. The lowest BCUT2D eigenvalue weighted by molar-refractivity contribution is -0.277. The molecule has 4 rings (SSSR count). The van der Waals surface area contributed by atoms with Gasteiger partial charge in [0.05, 0.1) is 38.6 Å². The summed E-state index contributed by atoms with van der Waals surface area (Å²) in [7, 11) is 0. The highest BCUT2D eigenvalue weighted by Crippen LogP contribution is 2.26. The maximum Gasteiger partial charge on any atom is 0.184 e. The second-order valence-electron chi connectivity index (χ2n) is 7.98. The Labute approximate surface area is 189 Å². The van der Waals surface area contributed by atoms with Crippen molar-refractivity contribution in [2.45, 2.75) is 50.8 Å². The first kappa shape index (κ1) is 22.6. The Balaban J connectivity index is 1.36. The zero-order chi connectivity index (χ0) is 22.0. The van der Waals surface area contributed by atoms with Crippen LogP contribution in [-0.4, -0.2) is 36.3 Å². The molecule has 5 heteroatoms. The van der Waals surface area contributed by atoms with Crippen LogP contribution >= 0.6 is 0 Å². The molecule has 0 bridgehead atoms. The monoisotopic (exact) mass is 434 g/mol. The normalized spacial score (nSPS) is 23.2. The smallest absolute Gasteiger partial charge is 0.184 e. The largest absolute Gasteiger partial charge is 0.374 e. The molecule has 168 valence electrons. The molecule has 1 N–H and O–H groups in total. The van der Waals surface area contributed by atoms with Crippen LogP contribution in [0.15, 0.2) is 91.0 Å². The number of benzene rings is 3. The molecule has 0 saturated carbocycles. The molecule has 0 spiro atoms. The first-order valence-corrected chi connectivity index (χ1v) is 11.0. The van der Waals surface area contributed by atoms with Crippen LogP contribution in [0.5, 0.6) is 0 Å². The summed E-state index contributed by atoms with van der Waals surface area (Å²) < 4.78 is 24.0. The number of rotatable bonds is 10. The molecular weight excluding hydrogens is 404 g/mol. The molecule has 0 amide bonds. The number of hydrogen-bond acceptors (Lipinski definition) is 5. The predicted molar refractivity (Wildman–Crippen MR) is 122 cm³/mol. The molecule has 1 saturated heterocycles. The van der Waals surface area contributed by atoms with Gasteiger partial charge in [-0.15, -0.1) is 0 Å². The first-order valence-electron chi connectivity index (χ1n) is 11.0. The minimum absolute atomic E-state index is 0.272. The van der Waals surface area contributed by atoms with E-state index in [0.29, 0.717) is 32.8 Å². The second kappa shape index (κ2) is 11.9. The molecule has 32 heavy (non-hydrogen) atoms. The average molecular weight is 435 g/mol. The maximum absolute atomic E-state index is 10.7. The molecule has 1 fully saturated rings. The van der Waals surface area contributed by atoms with Crippen LogP contribution in [-0.2, 0) is 38.8 Å². The minimum Gasteiger partial charge on any atom is -0.374 e. The van der Waals surface area contributed by atoms with Crippen molar-refractivity contribution in [3.8, 4) is 0 Å². The van der Waals surface area contributed by atoms with E-state index in [9.17, 15) is 5.11 Å². The van der Waals surface area contributed by atoms with E-state index >= 15 is 0 Å². The highest BCUT2D eigenvalue weighted by molar-refractivity contribution is 5.15. The van der Waals surface area contributed by atoms with Crippen molar-refractivity contribution in [2.75, 3.05) is 6.61 Å². The van der Waals surface area contributed by atoms with E-state index in [-0.39, 0.29) is 12.2 Å². The van der Waals surface area contributed by atoms with Gasteiger partial charge in [0.25, 0.3) is 0 Å². The third-order valence-corrected chi connectivity index (χ3v) is 5.48. The zero-order valence-corrected chi connectivity index (χ0v) is 18.1. The number of aliphatic hydroxyl groups is 1. The van der Waals surface area contributed by atoms with Gasteiger partial charge in [0.15, 0.2) is 6.29 Å². The molecule has 0 aromatic heterocycles. The lowest BCUT2D eigenvalue weighted by Gasteiger charge is -2.39. The van der Waals surface area contributed by atoms with Crippen LogP contribution in [0.1, 0.15) is 23.1 Å². The number of hydrogen-bond donors (Lipinski definition) is 1. The fraction of sp³-hybridized carbons (Fsp3) is 0.333. The van der Waals surface area contributed by atoms with Gasteiger partial charge in [-0.05, 0) is 16.7 Å². The van der Waals surface area contributed by atoms with Crippen molar-refractivity contribution in [3.05, 3.63) is 108 Å². The summed E-state index contributed by atoms with van der Waals surface area (Å²) in [6.45, 7) is 1.70. The zero-order valence-electron chi connectivity index (χ0n) is 18.1. The van der Waals surface area contributed by atoms with Gasteiger partial charge in [-0.3, -0.25) is 0 Å². The van der Waals surface area contributed by atoms with Crippen LogP contribution in [0.25, 0.3) is 0 Å². The summed E-state index contributed by atoms with van der Waals surface area (Å²) in [5.41, 5.74) is 3.21. The molecule has 5 nitrogen and oxygen atoms in total. The van der Waals surface area contributed by atoms with Gasteiger partial charge < -0.3 is 24.1 Å². The number of aliphatic hydroxyl groups excluding tert-OH is 1. The Hall–Kier alpha value is -2.54. The molecular formula is C27H30O5. The lowest BCUT2D eigenvalue weighted by atomic mass is 10.0. The van der Waals surface area contributed by atoms with Crippen LogP contribution in [0.3, 0.4) is 0 Å². The van der Waals surface area contributed by atoms with Crippen LogP contribution in [0, 0.1) is 0 Å². The van der Waals surface area contributed by atoms with E-state index in [4.69, 9.17) is 18.9 Å². The van der Waals surface area contributed by atoms with E-state index in [1.807, 2.05) is 91.0 Å². The van der Waals surface area contributed by atoms with Gasteiger partial charge in [0.1, 0.15) is 6.10 Å². The summed E-state index contributed by atoms with van der Waals surface area (Å²) >= 11 is 0. The van der Waals surface area contributed by atoms with Gasteiger partial charge in [0.2, 0.25) is 0 Å². The summed E-state index contributed by atoms with van der Waals surface area (Å²) in [5, 5.41) is 10.7. The van der Waals surface area contributed by atoms with Crippen molar-refractivity contribution in [1.29, 1.82) is 0 Å². The van der Waals surface area contributed by atoms with E-state index in [1.165, 1.54) is 0 Å². The standard InChI is InChI=1S/C27H30O5/c28-27-26(31-19-23-14-8-3-9-15-23)25(30-18-22-12-6-2-7-13-22)16-24(32-27)20-29-17-21-10-4-1-5-11-21/h1-15,24-28H,16-20H2. The highest BCUT2D eigenvalue weighted by Gasteiger charge is 2.39. The lowest BCUT2D eigenvalue weighted by Crippen LogP contribution is -2.51. The SMILES string of the molecule is OC1OC(COCc2ccccc2)CC(OCc2ccccc2)C1OCc1ccccc1. The minimum atomic E-state index is -1.08. The van der Waals surface area contributed by atoms with Gasteiger partial charge in [-0.25, -0.2) is 0 Å². The fourth-order valence-corrected chi connectivity index (χ4v) is 3.79. The summed E-state index contributed by atoms with van der Waals surface area (Å²) in [6.07, 6.45) is -1.67. The van der Waals surface area contributed by atoms with Crippen LogP contribution in [0.2, 0.25) is 0 Å². The van der Waals surface area contributed by atoms with Gasteiger partial charge >= 0.3 is 0 Å². The molecule has 4 atom stereocenters. The molecule has 3 aromatic carbocycles. The first-order chi connectivity index (χ1) is 15.8. The van der Waals surface area contributed by atoms with E-state index in [2.05, 4.69) is 0 Å². The predicted octanol–water partition coefficient (Wildman–Crippen LogP) is 4.48. The molecule has 1 aliphatic rings. The Morgan fingerprint density at radius 1 is 0.688 bits per heavy atom. The van der Waals surface area contributed by atoms with Gasteiger partial charge in [-0.2, -0.15) is 0 Å². The van der Waals surface area contributed by atoms with E-state index in [1.54, 1.807) is 0 Å². The molecule has 1 aliphatic heterocycles. The Bertz CT molecular complexity index is 903. The molecule has 0 radical (unpaired) electrons. The Morgan fingerprint density at radius 3 is 1.75 bits per heavy atom. The van der Waals surface area contributed by atoms with Gasteiger partial charge in [0, 0.05) is 6.42 Å². The average Bonchev–Trinajstić information content (AvgIpc) is 2.84. The van der Waals surface area contributed by atoms with Crippen molar-refractivity contribution in [3.63, 3.8) is 0 Å². The molecule has 3 aromatic rings. The third kappa shape index (κ3) is 6.73. The summed E-state index contributed by atoms with van der Waals surface area (Å²) in [4.78, 5) is 0. The molecule has 0 aliphatic carbocycles. The van der Waals surface area contributed by atoms with E-state index < -0.39 is 12.4 Å². The Kier molecular flexibility index (Phi) is 8.42. The van der Waals surface area contributed by atoms with E-state index in [0.717, 1.165) is 16.7 Å². The van der Waals surface area contributed by atoms with Crippen molar-refractivity contribution in [2.24, 2.45) is 0 Å². The van der Waals surface area contributed by atoms with Crippen LogP contribution in [0.4, 0.5) is 0 Å². The topological polar surface area (TPSA) is 57.2 Å². The van der Waals surface area contributed by atoms with Crippen molar-refractivity contribution < 1.29 is 24.1 Å². The highest BCUT2D eigenvalue weighted by atomic mass is 16.7. The maximum atomic E-state index is 10.7. The number of ether oxygens (including phenoxy) is 4. The van der Waals surface area contributed by atoms with Crippen molar-refractivity contribution in [1.82, 2.24) is 0 Å². The summed E-state index contributed by atoms with van der Waals surface area (Å²) in [6, 6.07) is 29.9. The Morgan fingerprint density at radius 2 is 1.19 bits per heavy atom. The molecule has 4 unspecified atom stereocenters. The quantitative estimate of drug-likeness (QED) is 0.510. The fourth-order valence-electron chi connectivity index (χ4n) is 3.79.